The fourth-order valence-corrected chi connectivity index (χ4v) is 2.69. The van der Waals surface area contributed by atoms with Crippen LogP contribution in [0.1, 0.15) is 18.9 Å². The van der Waals surface area contributed by atoms with Gasteiger partial charge in [0.1, 0.15) is 0 Å². The van der Waals surface area contributed by atoms with E-state index < -0.39 is 0 Å². The van der Waals surface area contributed by atoms with Crippen LogP contribution in [0.5, 0.6) is 0 Å². The van der Waals surface area contributed by atoms with Crippen molar-refractivity contribution in [1.29, 1.82) is 0 Å². The lowest BCUT2D eigenvalue weighted by Crippen LogP contribution is -2.20. The number of hydrogen-bond acceptors (Lipinski definition) is 3. The Morgan fingerprint density at radius 1 is 1.44 bits per heavy atom. The average molecular weight is 287 g/mol. The van der Waals surface area contributed by atoms with Crippen molar-refractivity contribution in [3.63, 3.8) is 0 Å². The van der Waals surface area contributed by atoms with E-state index in [-0.39, 0.29) is 6.04 Å². The maximum Gasteiger partial charge on any atom is 0.0642 e. The van der Waals surface area contributed by atoms with Gasteiger partial charge >= 0.3 is 0 Å². The van der Waals surface area contributed by atoms with E-state index in [9.17, 15) is 0 Å². The minimum atomic E-state index is 0.172. The summed E-state index contributed by atoms with van der Waals surface area (Å²) in [4.78, 5) is 2.22. The summed E-state index contributed by atoms with van der Waals surface area (Å²) in [5.74, 6) is 1.19. The van der Waals surface area contributed by atoms with Gasteiger partial charge in [-0.2, -0.15) is 11.8 Å². The first kappa shape index (κ1) is 15.7. The first-order valence-corrected chi connectivity index (χ1v) is 8.06. The normalized spacial score (nSPS) is 12.5. The van der Waals surface area contributed by atoms with Crippen molar-refractivity contribution in [1.82, 2.24) is 0 Å². The molecule has 0 aliphatic rings. The Balaban J connectivity index is 2.66. The summed E-state index contributed by atoms with van der Waals surface area (Å²) in [7, 11) is 2.09. The highest BCUT2D eigenvalue weighted by Gasteiger charge is 2.07. The quantitative estimate of drug-likeness (QED) is 0.779. The highest BCUT2D eigenvalue weighted by Crippen LogP contribution is 2.26. The molecule has 1 aromatic rings. The van der Waals surface area contributed by atoms with Crippen LogP contribution >= 0.6 is 23.4 Å². The van der Waals surface area contributed by atoms with Crippen LogP contribution in [0, 0.1) is 0 Å². The summed E-state index contributed by atoms with van der Waals surface area (Å²) in [6.45, 7) is 3.05. The van der Waals surface area contributed by atoms with Crippen LogP contribution in [0.3, 0.4) is 0 Å². The Hall–Kier alpha value is -0.380. The molecule has 0 saturated carbocycles. The van der Waals surface area contributed by atoms with E-state index in [1.165, 1.54) is 17.7 Å². The topological polar surface area (TPSA) is 29.3 Å². The van der Waals surface area contributed by atoms with Crippen LogP contribution < -0.4 is 10.6 Å². The van der Waals surface area contributed by atoms with E-state index in [1.807, 2.05) is 24.8 Å². The second kappa shape index (κ2) is 7.93. The number of benzene rings is 1. The van der Waals surface area contributed by atoms with Gasteiger partial charge in [0.25, 0.3) is 0 Å². The summed E-state index contributed by atoms with van der Waals surface area (Å²) in [6, 6.07) is 6.42. The minimum Gasteiger partial charge on any atom is -0.373 e. The zero-order chi connectivity index (χ0) is 13.5. The van der Waals surface area contributed by atoms with Gasteiger partial charge in [0.15, 0.2) is 0 Å². The molecule has 0 aliphatic carbocycles. The molecule has 2 nitrogen and oxygen atoms in total. The summed E-state index contributed by atoms with van der Waals surface area (Å²) in [5.41, 5.74) is 8.11. The lowest BCUT2D eigenvalue weighted by atomic mass is 10.1. The third-order valence-electron chi connectivity index (χ3n) is 2.82. The number of nitrogens with two attached hydrogens (primary N) is 1. The minimum absolute atomic E-state index is 0.172. The zero-order valence-electron chi connectivity index (χ0n) is 11.4. The van der Waals surface area contributed by atoms with Crippen LogP contribution in [-0.2, 0) is 6.42 Å². The van der Waals surface area contributed by atoms with Gasteiger partial charge in [-0.25, -0.2) is 0 Å². The molecule has 0 heterocycles. The summed E-state index contributed by atoms with van der Waals surface area (Å²) in [5, 5.41) is 0.819. The Kier molecular flexibility index (Phi) is 6.90. The Labute approximate surface area is 120 Å². The Morgan fingerprint density at radius 3 is 2.72 bits per heavy atom. The molecule has 1 unspecified atom stereocenters. The van der Waals surface area contributed by atoms with Crippen LogP contribution in [0.25, 0.3) is 0 Å². The fourth-order valence-electron chi connectivity index (χ4n) is 1.93. The summed E-state index contributed by atoms with van der Waals surface area (Å²) >= 11 is 8.21. The van der Waals surface area contributed by atoms with Gasteiger partial charge in [-0.1, -0.05) is 17.7 Å². The number of rotatable bonds is 7. The lowest BCUT2D eigenvalue weighted by Gasteiger charge is -2.21. The molecular formula is C14H23ClN2S. The molecule has 2 N–H and O–H groups in total. The van der Waals surface area contributed by atoms with E-state index in [1.54, 1.807) is 0 Å². The second-order valence-electron chi connectivity index (χ2n) is 4.74. The van der Waals surface area contributed by atoms with Crippen molar-refractivity contribution in [3.8, 4) is 0 Å². The number of thioether (sulfide) groups is 1. The average Bonchev–Trinajstić information content (AvgIpc) is 2.28. The maximum absolute atomic E-state index is 6.33. The van der Waals surface area contributed by atoms with E-state index in [2.05, 4.69) is 30.3 Å². The van der Waals surface area contributed by atoms with Gasteiger partial charge in [0.05, 0.1) is 10.7 Å². The highest BCUT2D eigenvalue weighted by molar-refractivity contribution is 7.98. The van der Waals surface area contributed by atoms with Gasteiger partial charge in [0.2, 0.25) is 0 Å². The van der Waals surface area contributed by atoms with Crippen LogP contribution in [0.4, 0.5) is 5.69 Å². The number of anilines is 1. The fraction of sp³-hybridized carbons (Fsp3) is 0.571. The molecule has 0 aliphatic heterocycles. The molecule has 0 saturated heterocycles. The summed E-state index contributed by atoms with van der Waals surface area (Å²) in [6.07, 6.45) is 4.18. The first-order valence-electron chi connectivity index (χ1n) is 6.28. The van der Waals surface area contributed by atoms with Gasteiger partial charge < -0.3 is 10.6 Å². The molecule has 1 aromatic carbocycles. The van der Waals surface area contributed by atoms with E-state index in [4.69, 9.17) is 17.3 Å². The molecule has 102 valence electrons. The Bertz CT molecular complexity index is 369. The van der Waals surface area contributed by atoms with Crippen molar-refractivity contribution in [2.24, 2.45) is 5.73 Å². The van der Waals surface area contributed by atoms with Crippen LogP contribution in [0.15, 0.2) is 18.2 Å². The predicted molar refractivity (Wildman–Crippen MR) is 85.1 cm³/mol. The van der Waals surface area contributed by atoms with Gasteiger partial charge in [-0.3, -0.25) is 0 Å². The third-order valence-corrected chi connectivity index (χ3v) is 3.82. The lowest BCUT2D eigenvalue weighted by molar-refractivity contribution is 0.738. The van der Waals surface area contributed by atoms with Crippen LogP contribution in [-0.4, -0.2) is 31.6 Å². The van der Waals surface area contributed by atoms with Gasteiger partial charge in [-0.15, -0.1) is 0 Å². The monoisotopic (exact) mass is 286 g/mol. The molecule has 0 amide bonds. The van der Waals surface area contributed by atoms with E-state index in [0.717, 1.165) is 23.7 Å². The predicted octanol–water partition coefficient (Wildman–Crippen LogP) is 3.42. The molecule has 0 bridgehead atoms. The van der Waals surface area contributed by atoms with Gasteiger partial charge in [-0.05, 0) is 49.5 Å². The number of halogens is 1. The third kappa shape index (κ3) is 5.09. The molecule has 1 atom stereocenters. The molecule has 1 rings (SSSR count). The molecule has 0 spiro atoms. The van der Waals surface area contributed by atoms with Crippen molar-refractivity contribution in [2.75, 3.05) is 30.5 Å². The van der Waals surface area contributed by atoms with Crippen molar-refractivity contribution < 1.29 is 0 Å². The Morgan fingerprint density at radius 2 is 2.17 bits per heavy atom. The maximum atomic E-state index is 6.33. The number of nitrogens with zero attached hydrogens (tertiary/aromatic N) is 1. The molecule has 0 radical (unpaired) electrons. The van der Waals surface area contributed by atoms with E-state index >= 15 is 0 Å². The smallest absolute Gasteiger partial charge is 0.0642 e. The SMILES string of the molecule is CSCCCN(C)c1ccc(CC(C)N)cc1Cl. The molecule has 4 heteroatoms. The van der Waals surface area contributed by atoms with Crippen molar-refractivity contribution >= 4 is 29.1 Å². The summed E-state index contributed by atoms with van der Waals surface area (Å²) < 4.78 is 0. The zero-order valence-corrected chi connectivity index (χ0v) is 13.0. The standard InChI is InChI=1S/C14H23ClN2S/c1-11(16)9-12-5-6-14(13(15)10-12)17(2)7-4-8-18-3/h5-6,10-11H,4,7-9,16H2,1-3H3. The van der Waals surface area contributed by atoms with Crippen molar-refractivity contribution in [2.45, 2.75) is 25.8 Å². The molecule has 0 fully saturated rings. The largest absolute Gasteiger partial charge is 0.373 e. The van der Waals surface area contributed by atoms with Gasteiger partial charge in [0, 0.05) is 19.6 Å². The first-order chi connectivity index (χ1) is 8.54. The molecular weight excluding hydrogens is 264 g/mol. The highest BCUT2D eigenvalue weighted by atomic mass is 35.5. The second-order valence-corrected chi connectivity index (χ2v) is 6.13. The molecule has 0 aromatic heterocycles. The molecule has 18 heavy (non-hydrogen) atoms. The van der Waals surface area contributed by atoms with Crippen LogP contribution in [0.2, 0.25) is 5.02 Å². The van der Waals surface area contributed by atoms with E-state index in [0.29, 0.717) is 0 Å². The van der Waals surface area contributed by atoms with Crippen molar-refractivity contribution in [3.05, 3.63) is 28.8 Å². The number of hydrogen-bond donors (Lipinski definition) is 1.